The van der Waals surface area contributed by atoms with Gasteiger partial charge in [-0.15, -0.1) is 16.8 Å². The van der Waals surface area contributed by atoms with Gasteiger partial charge in [0.2, 0.25) is 5.91 Å². The van der Waals surface area contributed by atoms with Gasteiger partial charge in [-0.1, -0.05) is 58.7 Å². The molecule has 3 rings (SSSR count). The fourth-order valence-corrected chi connectivity index (χ4v) is 4.05. The van der Waals surface area contributed by atoms with Crippen molar-refractivity contribution in [3.8, 4) is 0 Å². The summed E-state index contributed by atoms with van der Waals surface area (Å²) >= 11 is 19.1. The maximum atomic E-state index is 12.4. The van der Waals surface area contributed by atoms with Crippen LogP contribution in [0.15, 0.2) is 54.2 Å². The lowest BCUT2D eigenvalue weighted by atomic mass is 10.2. The van der Waals surface area contributed by atoms with Crippen LogP contribution in [0.2, 0.25) is 15.1 Å². The van der Waals surface area contributed by atoms with Crippen LogP contribution in [0.25, 0.3) is 0 Å². The topological polar surface area (TPSA) is 88.9 Å². The highest BCUT2D eigenvalue weighted by Gasteiger charge is 2.16. The predicted octanol–water partition coefficient (Wildman–Crippen LogP) is 5.39. The number of rotatable bonds is 9. The minimum Gasteiger partial charge on any atom is -0.345 e. The molecule has 2 N–H and O–H groups in total. The van der Waals surface area contributed by atoms with Crippen LogP contribution in [0.3, 0.4) is 0 Å². The number of aromatic nitrogens is 3. The van der Waals surface area contributed by atoms with Gasteiger partial charge in [0.05, 0.1) is 22.3 Å². The molecular weight excluding hydrogens is 505 g/mol. The Morgan fingerprint density at radius 3 is 2.64 bits per heavy atom. The molecule has 1 aromatic heterocycles. The van der Waals surface area contributed by atoms with E-state index in [1.54, 1.807) is 34.9 Å². The average molecular weight is 525 g/mol. The number of carbonyl (C=O) groups excluding carboxylic acids is 2. The molecule has 0 aliphatic heterocycles. The van der Waals surface area contributed by atoms with Gasteiger partial charge in [0.1, 0.15) is 0 Å². The van der Waals surface area contributed by atoms with E-state index in [2.05, 4.69) is 27.4 Å². The molecule has 0 atom stereocenters. The molecule has 33 heavy (non-hydrogen) atoms. The number of allylic oxidation sites excluding steroid dienone is 1. The third-order valence-corrected chi connectivity index (χ3v) is 6.44. The molecular formula is C22H20Cl3N5O2S. The van der Waals surface area contributed by atoms with Crippen LogP contribution < -0.4 is 10.6 Å². The number of amides is 2. The maximum Gasteiger partial charge on any atom is 0.251 e. The smallest absolute Gasteiger partial charge is 0.251 e. The van der Waals surface area contributed by atoms with Crippen LogP contribution in [-0.2, 0) is 17.9 Å². The van der Waals surface area contributed by atoms with Gasteiger partial charge in [-0.3, -0.25) is 9.59 Å². The Morgan fingerprint density at radius 2 is 1.91 bits per heavy atom. The summed E-state index contributed by atoms with van der Waals surface area (Å²) in [6, 6.07) is 9.94. The molecule has 0 bridgehead atoms. The predicted molar refractivity (Wildman–Crippen MR) is 133 cm³/mol. The quantitative estimate of drug-likeness (QED) is 0.289. The standard InChI is InChI=1S/C22H20Cl3N5O2S/c1-3-8-30-19(11-26-21(32)14-5-7-16(24)17(25)9-14)28-29-22(30)33-12-20(31)27-18-10-15(23)6-4-13(18)2/h3-7,9-10H,1,8,11-12H2,2H3,(H,26,32)(H,27,31). The molecule has 0 spiro atoms. The summed E-state index contributed by atoms with van der Waals surface area (Å²) < 4.78 is 1.78. The van der Waals surface area contributed by atoms with Crippen molar-refractivity contribution in [3.63, 3.8) is 0 Å². The minimum absolute atomic E-state index is 0.122. The van der Waals surface area contributed by atoms with Crippen molar-refractivity contribution in [1.82, 2.24) is 20.1 Å². The van der Waals surface area contributed by atoms with Gasteiger partial charge >= 0.3 is 0 Å². The summed E-state index contributed by atoms with van der Waals surface area (Å²) in [7, 11) is 0. The first-order valence-corrected chi connectivity index (χ1v) is 11.9. The number of carbonyl (C=O) groups is 2. The molecule has 0 aliphatic carbocycles. The van der Waals surface area contributed by atoms with E-state index in [4.69, 9.17) is 34.8 Å². The molecule has 11 heteroatoms. The first-order valence-electron chi connectivity index (χ1n) is 9.73. The number of hydrogen-bond donors (Lipinski definition) is 2. The highest BCUT2D eigenvalue weighted by molar-refractivity contribution is 7.99. The zero-order chi connectivity index (χ0) is 24.0. The van der Waals surface area contributed by atoms with Crippen LogP contribution in [0.1, 0.15) is 21.7 Å². The van der Waals surface area contributed by atoms with Crippen molar-refractivity contribution in [2.75, 3.05) is 11.1 Å². The Kier molecular flexibility index (Phi) is 8.80. The van der Waals surface area contributed by atoms with E-state index in [1.807, 2.05) is 13.0 Å². The van der Waals surface area contributed by atoms with Crippen LogP contribution in [0, 0.1) is 6.92 Å². The SMILES string of the molecule is C=CCn1c(CNC(=O)c2ccc(Cl)c(Cl)c2)nnc1SCC(=O)Nc1cc(Cl)ccc1C. The van der Waals surface area contributed by atoms with Gasteiger partial charge in [-0.25, -0.2) is 0 Å². The van der Waals surface area contributed by atoms with Gasteiger partial charge in [-0.2, -0.15) is 0 Å². The van der Waals surface area contributed by atoms with E-state index >= 15 is 0 Å². The van der Waals surface area contributed by atoms with Crippen LogP contribution in [0.5, 0.6) is 0 Å². The van der Waals surface area contributed by atoms with Crippen molar-refractivity contribution in [3.05, 3.63) is 81.1 Å². The molecule has 1 heterocycles. The summed E-state index contributed by atoms with van der Waals surface area (Å²) in [6.07, 6.45) is 1.69. The Morgan fingerprint density at radius 1 is 1.12 bits per heavy atom. The summed E-state index contributed by atoms with van der Waals surface area (Å²) in [5.74, 6) is 0.119. The lowest BCUT2D eigenvalue weighted by molar-refractivity contribution is -0.113. The number of thioether (sulfide) groups is 1. The first kappa shape index (κ1) is 25.1. The number of benzene rings is 2. The number of hydrogen-bond acceptors (Lipinski definition) is 5. The summed E-state index contributed by atoms with van der Waals surface area (Å²) in [5, 5.41) is 15.7. The van der Waals surface area contributed by atoms with E-state index in [1.165, 1.54) is 17.8 Å². The van der Waals surface area contributed by atoms with E-state index < -0.39 is 0 Å². The highest BCUT2D eigenvalue weighted by Crippen LogP contribution is 2.23. The second-order valence-electron chi connectivity index (χ2n) is 6.91. The lowest BCUT2D eigenvalue weighted by Gasteiger charge is -2.10. The van der Waals surface area contributed by atoms with Crippen LogP contribution in [-0.4, -0.2) is 32.3 Å². The Balaban J connectivity index is 1.63. The maximum absolute atomic E-state index is 12.4. The number of halogens is 3. The number of nitrogens with one attached hydrogen (secondary N) is 2. The van der Waals surface area contributed by atoms with Gasteiger partial charge in [-0.05, 0) is 42.8 Å². The number of anilines is 1. The summed E-state index contributed by atoms with van der Waals surface area (Å²) in [5.41, 5.74) is 1.95. The fourth-order valence-electron chi connectivity index (χ4n) is 2.81. The summed E-state index contributed by atoms with van der Waals surface area (Å²) in [6.45, 7) is 6.20. The monoisotopic (exact) mass is 523 g/mol. The first-order chi connectivity index (χ1) is 15.8. The second-order valence-corrected chi connectivity index (χ2v) is 9.10. The number of nitrogens with zero attached hydrogens (tertiary/aromatic N) is 3. The van der Waals surface area contributed by atoms with E-state index in [-0.39, 0.29) is 24.1 Å². The molecule has 0 saturated heterocycles. The number of aryl methyl sites for hydroxylation is 1. The molecule has 0 unspecified atom stereocenters. The Bertz CT molecular complexity index is 1200. The molecule has 0 radical (unpaired) electrons. The fraction of sp³-hybridized carbons (Fsp3) is 0.182. The molecule has 172 valence electrons. The normalized spacial score (nSPS) is 10.7. The van der Waals surface area contributed by atoms with Crippen molar-refractivity contribution < 1.29 is 9.59 Å². The molecule has 0 saturated carbocycles. The molecule has 0 fully saturated rings. The average Bonchev–Trinajstić information content (AvgIpc) is 3.17. The van der Waals surface area contributed by atoms with E-state index in [9.17, 15) is 9.59 Å². The Labute approximate surface area is 210 Å². The third kappa shape index (κ3) is 6.74. The van der Waals surface area contributed by atoms with Gasteiger partial charge in [0.15, 0.2) is 11.0 Å². The highest BCUT2D eigenvalue weighted by atomic mass is 35.5. The molecule has 7 nitrogen and oxygen atoms in total. The molecule has 3 aromatic rings. The summed E-state index contributed by atoms with van der Waals surface area (Å²) in [4.78, 5) is 24.9. The van der Waals surface area contributed by atoms with Crippen molar-refractivity contribution in [2.24, 2.45) is 0 Å². The zero-order valence-corrected chi connectivity index (χ0v) is 20.7. The van der Waals surface area contributed by atoms with Gasteiger partial charge < -0.3 is 15.2 Å². The van der Waals surface area contributed by atoms with Gasteiger partial charge in [0, 0.05) is 22.8 Å². The van der Waals surface area contributed by atoms with E-state index in [0.29, 0.717) is 43.8 Å². The Hall–Kier alpha value is -2.52. The zero-order valence-electron chi connectivity index (χ0n) is 17.6. The largest absolute Gasteiger partial charge is 0.345 e. The molecule has 2 aromatic carbocycles. The lowest BCUT2D eigenvalue weighted by Crippen LogP contribution is -2.25. The molecule has 0 aliphatic rings. The van der Waals surface area contributed by atoms with Gasteiger partial charge in [0.25, 0.3) is 5.91 Å². The van der Waals surface area contributed by atoms with Crippen LogP contribution in [0.4, 0.5) is 5.69 Å². The third-order valence-electron chi connectivity index (χ3n) is 4.50. The van der Waals surface area contributed by atoms with Crippen molar-refractivity contribution in [1.29, 1.82) is 0 Å². The second kappa shape index (κ2) is 11.6. The van der Waals surface area contributed by atoms with Crippen molar-refractivity contribution in [2.45, 2.75) is 25.2 Å². The van der Waals surface area contributed by atoms with Crippen LogP contribution >= 0.6 is 46.6 Å². The van der Waals surface area contributed by atoms with Crippen molar-refractivity contribution >= 4 is 64.1 Å². The van der Waals surface area contributed by atoms with E-state index in [0.717, 1.165) is 5.56 Å². The minimum atomic E-state index is -0.327. The molecule has 2 amide bonds.